The molecule has 1 aromatic carbocycles. The van der Waals surface area contributed by atoms with Crippen LogP contribution in [-0.2, 0) is 11.3 Å². The summed E-state index contributed by atoms with van der Waals surface area (Å²) in [6.07, 6.45) is 0. The van der Waals surface area contributed by atoms with Gasteiger partial charge in [-0.25, -0.2) is 0 Å². The number of amides is 1. The summed E-state index contributed by atoms with van der Waals surface area (Å²) in [4.78, 5) is 11.8. The number of carbonyl (C=O) groups excluding carboxylic acids is 1. The summed E-state index contributed by atoms with van der Waals surface area (Å²) in [5.74, 6) is 0.451. The molecule has 106 valence electrons. The van der Waals surface area contributed by atoms with E-state index in [1.54, 1.807) is 0 Å². The maximum atomic E-state index is 11.8. The summed E-state index contributed by atoms with van der Waals surface area (Å²) in [6, 6.07) is 5.80. The van der Waals surface area contributed by atoms with Gasteiger partial charge < -0.3 is 15.5 Å². The Hall–Kier alpha value is -1.86. The lowest BCUT2D eigenvalue weighted by Gasteiger charge is -2.06. The Morgan fingerprint density at radius 3 is 2.80 bits per heavy atom. The van der Waals surface area contributed by atoms with Crippen LogP contribution >= 0.6 is 11.8 Å². The Labute approximate surface area is 121 Å². The highest BCUT2D eigenvalue weighted by Gasteiger charge is 2.09. The molecule has 0 aliphatic rings. The molecule has 6 nitrogen and oxygen atoms in total. The third-order valence-electron chi connectivity index (χ3n) is 2.74. The van der Waals surface area contributed by atoms with Gasteiger partial charge in [-0.15, -0.1) is 10.2 Å². The minimum Gasteiger partial charge on any atom is -0.415 e. The number of hydrogen-bond acceptors (Lipinski definition) is 6. The largest absolute Gasteiger partial charge is 0.415 e. The first-order valence-corrected chi connectivity index (χ1v) is 7.09. The molecule has 1 amide bonds. The van der Waals surface area contributed by atoms with Crippen LogP contribution in [-0.4, -0.2) is 21.9 Å². The van der Waals surface area contributed by atoms with Crippen LogP contribution in [0.4, 0.5) is 5.69 Å². The normalized spacial score (nSPS) is 10.6. The fourth-order valence-electron chi connectivity index (χ4n) is 1.52. The molecule has 1 aromatic heterocycles. The molecule has 0 fully saturated rings. The second kappa shape index (κ2) is 6.53. The van der Waals surface area contributed by atoms with Crippen LogP contribution in [0.5, 0.6) is 0 Å². The molecule has 2 rings (SSSR count). The molecule has 0 unspecified atom stereocenters. The topological polar surface area (TPSA) is 94.0 Å². The number of benzene rings is 1. The van der Waals surface area contributed by atoms with E-state index in [-0.39, 0.29) is 18.2 Å². The second-order valence-corrected chi connectivity index (χ2v) is 5.23. The van der Waals surface area contributed by atoms with Crippen LogP contribution in [0.25, 0.3) is 0 Å². The molecule has 3 N–H and O–H groups in total. The maximum Gasteiger partial charge on any atom is 0.277 e. The van der Waals surface area contributed by atoms with Crippen molar-refractivity contribution in [1.29, 1.82) is 0 Å². The van der Waals surface area contributed by atoms with Gasteiger partial charge >= 0.3 is 0 Å². The van der Waals surface area contributed by atoms with Gasteiger partial charge in [-0.1, -0.05) is 17.8 Å². The molecular weight excluding hydrogens is 276 g/mol. The van der Waals surface area contributed by atoms with Crippen LogP contribution in [0.3, 0.4) is 0 Å². The summed E-state index contributed by atoms with van der Waals surface area (Å²) in [5.41, 5.74) is 8.48. The lowest BCUT2D eigenvalue weighted by molar-refractivity contribution is -0.113. The van der Waals surface area contributed by atoms with Crippen LogP contribution in [0, 0.1) is 13.8 Å². The Balaban J connectivity index is 1.87. The predicted molar refractivity (Wildman–Crippen MR) is 77.5 cm³/mol. The van der Waals surface area contributed by atoms with E-state index < -0.39 is 0 Å². The number of nitrogens with one attached hydrogen (secondary N) is 1. The van der Waals surface area contributed by atoms with Crippen molar-refractivity contribution in [3.8, 4) is 0 Å². The average Bonchev–Trinajstić information content (AvgIpc) is 2.89. The van der Waals surface area contributed by atoms with Crippen LogP contribution in [0.2, 0.25) is 0 Å². The smallest absolute Gasteiger partial charge is 0.277 e. The highest BCUT2D eigenvalue weighted by Crippen LogP contribution is 2.17. The van der Waals surface area contributed by atoms with E-state index in [0.717, 1.165) is 11.3 Å². The minimum atomic E-state index is -0.120. The van der Waals surface area contributed by atoms with Crippen molar-refractivity contribution < 1.29 is 9.21 Å². The Morgan fingerprint density at radius 2 is 2.15 bits per heavy atom. The number of nitrogens with two attached hydrogens (primary N) is 1. The fraction of sp³-hybridized carbons (Fsp3) is 0.308. The predicted octanol–water partition coefficient (Wildman–Crippen LogP) is 1.88. The lowest BCUT2D eigenvalue weighted by Crippen LogP contribution is -2.14. The van der Waals surface area contributed by atoms with E-state index in [1.807, 2.05) is 32.0 Å². The Bertz CT molecular complexity index is 612. The van der Waals surface area contributed by atoms with Crippen molar-refractivity contribution in [2.75, 3.05) is 11.1 Å². The number of hydrogen-bond donors (Lipinski definition) is 2. The summed E-state index contributed by atoms with van der Waals surface area (Å²) < 4.78 is 5.20. The van der Waals surface area contributed by atoms with Crippen molar-refractivity contribution in [3.05, 3.63) is 35.2 Å². The number of carbonyl (C=O) groups is 1. The van der Waals surface area contributed by atoms with Gasteiger partial charge in [0.25, 0.3) is 5.22 Å². The molecule has 20 heavy (non-hydrogen) atoms. The average molecular weight is 292 g/mol. The standard InChI is InChI=1S/C13H16N4O2S/c1-8-3-4-10(5-9(8)2)15-11(18)7-20-13-17-16-12(6-14)19-13/h3-5H,6-7,14H2,1-2H3,(H,15,18). The number of anilines is 1. The van der Waals surface area contributed by atoms with Gasteiger partial charge in [0.05, 0.1) is 12.3 Å². The zero-order valence-corrected chi connectivity index (χ0v) is 12.2. The lowest BCUT2D eigenvalue weighted by atomic mass is 10.1. The van der Waals surface area contributed by atoms with E-state index in [1.165, 1.54) is 17.3 Å². The number of thioether (sulfide) groups is 1. The number of aromatic nitrogens is 2. The number of nitrogens with zero attached hydrogens (tertiary/aromatic N) is 2. The quantitative estimate of drug-likeness (QED) is 0.817. The van der Waals surface area contributed by atoms with E-state index >= 15 is 0 Å². The molecule has 0 aliphatic heterocycles. The van der Waals surface area contributed by atoms with Crippen molar-refractivity contribution in [2.24, 2.45) is 5.73 Å². The number of rotatable bonds is 5. The fourth-order valence-corrected chi connectivity index (χ4v) is 2.10. The molecule has 0 atom stereocenters. The van der Waals surface area contributed by atoms with Gasteiger partial charge in [0, 0.05) is 5.69 Å². The third kappa shape index (κ3) is 3.82. The molecule has 0 radical (unpaired) electrons. The van der Waals surface area contributed by atoms with E-state index in [9.17, 15) is 4.79 Å². The van der Waals surface area contributed by atoms with Gasteiger partial charge in [0.15, 0.2) is 0 Å². The van der Waals surface area contributed by atoms with E-state index in [4.69, 9.17) is 10.2 Å². The molecule has 0 saturated heterocycles. The van der Waals surface area contributed by atoms with Crippen molar-refractivity contribution in [2.45, 2.75) is 25.6 Å². The van der Waals surface area contributed by atoms with Crippen molar-refractivity contribution >= 4 is 23.4 Å². The molecule has 1 heterocycles. The van der Waals surface area contributed by atoms with Gasteiger partial charge in [0.1, 0.15) is 0 Å². The summed E-state index contributed by atoms with van der Waals surface area (Å²) in [6.45, 7) is 4.23. The van der Waals surface area contributed by atoms with Crippen LogP contribution in [0.1, 0.15) is 17.0 Å². The molecule has 7 heteroatoms. The van der Waals surface area contributed by atoms with Crippen LogP contribution in [0.15, 0.2) is 27.8 Å². The summed E-state index contributed by atoms with van der Waals surface area (Å²) in [7, 11) is 0. The highest BCUT2D eigenvalue weighted by molar-refractivity contribution is 7.99. The molecule has 2 aromatic rings. The summed E-state index contributed by atoms with van der Waals surface area (Å²) in [5, 5.41) is 10.7. The van der Waals surface area contributed by atoms with Gasteiger partial charge in [-0.3, -0.25) is 4.79 Å². The van der Waals surface area contributed by atoms with Gasteiger partial charge in [-0.05, 0) is 37.1 Å². The highest BCUT2D eigenvalue weighted by atomic mass is 32.2. The molecule has 0 bridgehead atoms. The van der Waals surface area contributed by atoms with Crippen molar-refractivity contribution in [1.82, 2.24) is 10.2 Å². The molecule has 0 saturated carbocycles. The van der Waals surface area contributed by atoms with E-state index in [2.05, 4.69) is 15.5 Å². The minimum absolute atomic E-state index is 0.120. The van der Waals surface area contributed by atoms with Crippen molar-refractivity contribution in [3.63, 3.8) is 0 Å². The molecule has 0 spiro atoms. The zero-order chi connectivity index (χ0) is 14.5. The Kier molecular flexibility index (Phi) is 4.75. The van der Waals surface area contributed by atoms with Gasteiger partial charge in [-0.2, -0.15) is 0 Å². The first kappa shape index (κ1) is 14.5. The summed E-state index contributed by atoms with van der Waals surface area (Å²) >= 11 is 1.18. The SMILES string of the molecule is Cc1ccc(NC(=O)CSc2nnc(CN)o2)cc1C. The van der Waals surface area contributed by atoms with Crippen LogP contribution < -0.4 is 11.1 Å². The molecular formula is C13H16N4O2S. The number of aryl methyl sites for hydroxylation is 2. The molecule has 0 aliphatic carbocycles. The third-order valence-corrected chi connectivity index (χ3v) is 3.56. The monoisotopic (exact) mass is 292 g/mol. The first-order valence-electron chi connectivity index (χ1n) is 6.11. The van der Waals surface area contributed by atoms with Gasteiger partial charge in [0.2, 0.25) is 11.8 Å². The zero-order valence-electron chi connectivity index (χ0n) is 11.3. The maximum absolute atomic E-state index is 11.8. The van der Waals surface area contributed by atoms with E-state index in [0.29, 0.717) is 11.1 Å². The second-order valence-electron chi connectivity index (χ2n) is 4.30. The Morgan fingerprint density at radius 1 is 1.35 bits per heavy atom. The first-order chi connectivity index (χ1) is 9.58.